The summed E-state index contributed by atoms with van der Waals surface area (Å²) < 4.78 is 28.3. The molecule has 4 rings (SSSR count). The number of nitrogens with one attached hydrogen (secondary N) is 1. The summed E-state index contributed by atoms with van der Waals surface area (Å²) in [7, 11) is -3.98. The SMILES string of the molecule is Cc1ccc(N(CC(=O)N[C@H]2CCCc3ccccc32)S(=O)(=O)c2ccc(Cl)cc2)cc1C. The maximum atomic E-state index is 13.6. The number of hydrogen-bond donors (Lipinski definition) is 1. The van der Waals surface area contributed by atoms with E-state index in [-0.39, 0.29) is 23.4 Å². The molecule has 0 saturated carbocycles. The lowest BCUT2D eigenvalue weighted by Crippen LogP contribution is -2.42. The summed E-state index contributed by atoms with van der Waals surface area (Å²) in [5.74, 6) is -0.340. The van der Waals surface area contributed by atoms with Gasteiger partial charge in [0.2, 0.25) is 5.91 Å². The van der Waals surface area contributed by atoms with E-state index in [1.165, 1.54) is 34.1 Å². The quantitative estimate of drug-likeness (QED) is 0.515. The van der Waals surface area contributed by atoms with Gasteiger partial charge in [0.15, 0.2) is 0 Å². The summed E-state index contributed by atoms with van der Waals surface area (Å²) in [6.45, 7) is 3.57. The van der Waals surface area contributed by atoms with E-state index in [2.05, 4.69) is 11.4 Å². The number of nitrogens with zero attached hydrogens (tertiary/aromatic N) is 1. The fraction of sp³-hybridized carbons (Fsp3) is 0.269. The number of fused-ring (bicyclic) bond motifs is 1. The van der Waals surface area contributed by atoms with Crippen molar-refractivity contribution >= 4 is 33.2 Å². The highest BCUT2D eigenvalue weighted by Gasteiger charge is 2.29. The van der Waals surface area contributed by atoms with Crippen LogP contribution in [0.5, 0.6) is 0 Å². The van der Waals surface area contributed by atoms with Crippen molar-refractivity contribution < 1.29 is 13.2 Å². The van der Waals surface area contributed by atoms with Crippen LogP contribution >= 0.6 is 11.6 Å². The molecule has 172 valence electrons. The predicted molar refractivity (Wildman–Crippen MR) is 132 cm³/mol. The Morgan fingerprint density at radius 1 is 1.03 bits per heavy atom. The molecular formula is C26H27ClN2O3S. The summed E-state index contributed by atoms with van der Waals surface area (Å²) in [5.41, 5.74) is 4.78. The van der Waals surface area contributed by atoms with Crippen LogP contribution in [0.3, 0.4) is 0 Å². The van der Waals surface area contributed by atoms with Gasteiger partial charge in [-0.25, -0.2) is 8.42 Å². The summed E-state index contributed by atoms with van der Waals surface area (Å²) in [6.07, 6.45) is 2.80. The number of hydrogen-bond acceptors (Lipinski definition) is 3. The molecule has 1 aliphatic rings. The molecule has 0 spiro atoms. The maximum Gasteiger partial charge on any atom is 0.264 e. The van der Waals surface area contributed by atoms with Crippen LogP contribution in [0.4, 0.5) is 5.69 Å². The Labute approximate surface area is 200 Å². The van der Waals surface area contributed by atoms with Crippen LogP contribution < -0.4 is 9.62 Å². The average Bonchev–Trinajstić information content (AvgIpc) is 2.80. The average molecular weight is 483 g/mol. The van der Waals surface area contributed by atoms with Gasteiger partial charge in [-0.3, -0.25) is 9.10 Å². The zero-order valence-electron chi connectivity index (χ0n) is 18.7. The van der Waals surface area contributed by atoms with Crippen LogP contribution in [0, 0.1) is 13.8 Å². The lowest BCUT2D eigenvalue weighted by Gasteiger charge is -2.29. The van der Waals surface area contributed by atoms with Crippen molar-refractivity contribution in [1.82, 2.24) is 5.32 Å². The van der Waals surface area contributed by atoms with Crippen LogP contribution in [0.15, 0.2) is 71.6 Å². The monoisotopic (exact) mass is 482 g/mol. The predicted octanol–water partition coefficient (Wildman–Crippen LogP) is 5.35. The van der Waals surface area contributed by atoms with E-state index in [4.69, 9.17) is 11.6 Å². The molecule has 0 saturated heterocycles. The first-order valence-electron chi connectivity index (χ1n) is 11.0. The molecule has 0 radical (unpaired) electrons. The number of amides is 1. The van der Waals surface area contributed by atoms with Crippen molar-refractivity contribution in [3.8, 4) is 0 Å². The molecule has 0 unspecified atom stereocenters. The molecule has 3 aromatic carbocycles. The Kier molecular flexibility index (Phi) is 6.77. The molecule has 0 aromatic heterocycles. The Morgan fingerprint density at radius 2 is 1.76 bits per heavy atom. The van der Waals surface area contributed by atoms with Crippen LogP contribution in [0.1, 0.15) is 41.1 Å². The van der Waals surface area contributed by atoms with Crippen LogP contribution in [0.2, 0.25) is 5.02 Å². The number of benzene rings is 3. The van der Waals surface area contributed by atoms with Gasteiger partial charge in [0.1, 0.15) is 6.54 Å². The molecule has 3 aromatic rings. The van der Waals surface area contributed by atoms with Crippen molar-refractivity contribution in [3.63, 3.8) is 0 Å². The number of rotatable bonds is 6. The highest BCUT2D eigenvalue weighted by molar-refractivity contribution is 7.92. The second-order valence-corrected chi connectivity index (χ2v) is 10.7. The van der Waals surface area contributed by atoms with Gasteiger partial charge in [0.25, 0.3) is 10.0 Å². The Bertz CT molecular complexity index is 1270. The van der Waals surface area contributed by atoms with Gasteiger partial charge in [-0.05, 0) is 91.8 Å². The third-order valence-electron chi connectivity index (χ3n) is 6.17. The van der Waals surface area contributed by atoms with Crippen molar-refractivity contribution in [2.75, 3.05) is 10.8 Å². The van der Waals surface area contributed by atoms with Gasteiger partial charge in [-0.15, -0.1) is 0 Å². The van der Waals surface area contributed by atoms with Gasteiger partial charge < -0.3 is 5.32 Å². The van der Waals surface area contributed by atoms with Gasteiger partial charge in [0.05, 0.1) is 16.6 Å². The first kappa shape index (κ1) is 23.3. The molecule has 7 heteroatoms. The molecule has 1 aliphatic carbocycles. The first-order chi connectivity index (χ1) is 15.8. The van der Waals surface area contributed by atoms with Crippen molar-refractivity contribution in [3.05, 3.63) is 94.0 Å². The minimum atomic E-state index is -3.98. The van der Waals surface area contributed by atoms with E-state index < -0.39 is 10.0 Å². The zero-order chi connectivity index (χ0) is 23.6. The molecule has 1 N–H and O–H groups in total. The van der Waals surface area contributed by atoms with Crippen molar-refractivity contribution in [2.24, 2.45) is 0 Å². The number of anilines is 1. The highest BCUT2D eigenvalue weighted by atomic mass is 35.5. The van der Waals surface area contributed by atoms with E-state index >= 15 is 0 Å². The fourth-order valence-electron chi connectivity index (χ4n) is 4.20. The van der Waals surface area contributed by atoms with Crippen molar-refractivity contribution in [1.29, 1.82) is 0 Å². The number of halogens is 1. The maximum absolute atomic E-state index is 13.6. The van der Waals surface area contributed by atoms with Crippen LogP contribution in [0.25, 0.3) is 0 Å². The fourth-order valence-corrected chi connectivity index (χ4v) is 5.74. The van der Waals surface area contributed by atoms with Crippen molar-refractivity contribution in [2.45, 2.75) is 44.0 Å². The van der Waals surface area contributed by atoms with Gasteiger partial charge in [0, 0.05) is 5.02 Å². The Balaban J connectivity index is 1.65. The summed E-state index contributed by atoms with van der Waals surface area (Å²) in [6, 6.07) is 19.3. The third-order valence-corrected chi connectivity index (χ3v) is 8.21. The van der Waals surface area contributed by atoms with E-state index in [1.54, 1.807) is 12.1 Å². The van der Waals surface area contributed by atoms with E-state index in [9.17, 15) is 13.2 Å². The second kappa shape index (κ2) is 9.57. The number of carbonyl (C=O) groups is 1. The Morgan fingerprint density at radius 3 is 2.48 bits per heavy atom. The topological polar surface area (TPSA) is 66.5 Å². The molecule has 1 atom stereocenters. The van der Waals surface area contributed by atoms with Gasteiger partial charge in [-0.1, -0.05) is 41.9 Å². The standard InChI is InChI=1S/C26H27ClN2O3S/c1-18-10-13-22(16-19(18)2)29(33(31,32)23-14-11-21(27)12-15-23)17-26(30)28-25-9-5-7-20-6-3-4-8-24(20)25/h3-4,6,8,10-16,25H,5,7,9,17H2,1-2H3,(H,28,30)/t25-/m0/s1. The zero-order valence-corrected chi connectivity index (χ0v) is 20.3. The number of aryl methyl sites for hydroxylation is 3. The van der Waals surface area contributed by atoms with Gasteiger partial charge in [-0.2, -0.15) is 0 Å². The van der Waals surface area contributed by atoms with Crippen LogP contribution in [-0.4, -0.2) is 20.9 Å². The van der Waals surface area contributed by atoms with E-state index in [0.717, 1.165) is 36.0 Å². The second-order valence-electron chi connectivity index (χ2n) is 8.45. The summed E-state index contributed by atoms with van der Waals surface area (Å²) in [4.78, 5) is 13.2. The molecule has 5 nitrogen and oxygen atoms in total. The minimum absolute atomic E-state index is 0.0842. The molecular weight excluding hydrogens is 456 g/mol. The normalized spacial score (nSPS) is 15.5. The minimum Gasteiger partial charge on any atom is -0.348 e. The highest BCUT2D eigenvalue weighted by Crippen LogP contribution is 2.30. The molecule has 0 bridgehead atoms. The molecule has 33 heavy (non-hydrogen) atoms. The largest absolute Gasteiger partial charge is 0.348 e. The van der Waals surface area contributed by atoms with Crippen LogP contribution in [-0.2, 0) is 21.2 Å². The molecule has 0 heterocycles. The van der Waals surface area contributed by atoms with E-state index in [0.29, 0.717) is 10.7 Å². The summed E-state index contributed by atoms with van der Waals surface area (Å²) in [5, 5.41) is 3.51. The molecule has 0 aliphatic heterocycles. The smallest absolute Gasteiger partial charge is 0.264 e. The Hall–Kier alpha value is -2.83. The summed E-state index contributed by atoms with van der Waals surface area (Å²) >= 11 is 5.96. The van der Waals surface area contributed by atoms with E-state index in [1.807, 2.05) is 38.1 Å². The first-order valence-corrected chi connectivity index (χ1v) is 12.8. The lowest BCUT2D eigenvalue weighted by molar-refractivity contribution is -0.120. The number of carbonyl (C=O) groups excluding carboxylic acids is 1. The molecule has 0 fully saturated rings. The lowest BCUT2D eigenvalue weighted by atomic mass is 9.88. The molecule has 1 amide bonds. The third kappa shape index (κ3) is 5.07. The number of sulfonamides is 1. The van der Waals surface area contributed by atoms with Gasteiger partial charge >= 0.3 is 0 Å².